The molecule has 0 aromatic heterocycles. The highest BCUT2D eigenvalue weighted by atomic mass is 19.3. The third kappa shape index (κ3) is 4.56. The van der Waals surface area contributed by atoms with E-state index in [9.17, 15) is 28.9 Å². The van der Waals surface area contributed by atoms with E-state index in [0.717, 1.165) is 10.5 Å². The smallest absolute Gasteiger partial charge is 0.256 e. The number of carbonyl (C=O) groups excluding carboxylic acids is 1. The molecule has 1 heterocycles. The van der Waals surface area contributed by atoms with Crippen molar-refractivity contribution >= 4 is 5.91 Å². The third-order valence-corrected chi connectivity index (χ3v) is 4.72. The minimum Gasteiger partial charge on any atom is -0.388 e. The molecule has 1 aromatic rings. The number of aryl methyl sites for hydroxylation is 1. The maximum absolute atomic E-state index is 13.6. The number of nitrogens with zero attached hydrogens (tertiary/aromatic N) is 1. The Hall–Kier alpha value is -1.61. The molecule has 0 spiro atoms. The number of amides is 1. The molecule has 26 heavy (non-hydrogen) atoms. The lowest BCUT2D eigenvalue weighted by atomic mass is 9.87. The van der Waals surface area contributed by atoms with Gasteiger partial charge in [-0.25, -0.2) is 8.78 Å². The molecule has 1 fully saturated rings. The molecule has 146 valence electrons. The van der Waals surface area contributed by atoms with E-state index in [1.165, 1.54) is 0 Å². The van der Waals surface area contributed by atoms with Gasteiger partial charge in [-0.3, -0.25) is 9.69 Å². The predicted molar refractivity (Wildman–Crippen MR) is 91.8 cm³/mol. The Kier molecular flexibility index (Phi) is 7.45. The molecule has 0 aliphatic carbocycles. The van der Waals surface area contributed by atoms with Gasteiger partial charge in [0, 0.05) is 6.54 Å². The largest absolute Gasteiger partial charge is 0.388 e. The lowest BCUT2D eigenvalue weighted by molar-refractivity contribution is -0.192. The first kappa shape index (κ1) is 20.7. The van der Waals surface area contributed by atoms with Crippen LogP contribution in [0.1, 0.15) is 18.9 Å². The fraction of sp³-hybridized carbons (Fsp3) is 0.611. The van der Waals surface area contributed by atoms with Crippen molar-refractivity contribution < 1.29 is 28.9 Å². The number of aliphatic hydroxyl groups is 3. The molecule has 2 rings (SSSR count). The van der Waals surface area contributed by atoms with E-state index in [2.05, 4.69) is 5.32 Å². The molecule has 1 aliphatic rings. The maximum Gasteiger partial charge on any atom is 0.256 e. The highest BCUT2D eigenvalue weighted by Gasteiger charge is 2.53. The second kappa shape index (κ2) is 9.36. The number of likely N-dealkylation sites (N-methyl/N-ethyl adjacent to an activating group) is 1. The van der Waals surface area contributed by atoms with E-state index in [-0.39, 0.29) is 13.1 Å². The highest BCUT2D eigenvalue weighted by molar-refractivity contribution is 5.82. The van der Waals surface area contributed by atoms with Crippen LogP contribution in [-0.4, -0.2) is 76.0 Å². The lowest BCUT2D eigenvalue weighted by Crippen LogP contribution is -2.71. The number of benzene rings is 1. The van der Waals surface area contributed by atoms with Crippen LogP contribution in [0.25, 0.3) is 0 Å². The standard InChI is InChI=1S/C18H26F2N2O4/c1-2-21-18(26)13-15(24)16(25)14(23)12(17(19)20)22(13)10-6-9-11-7-4-3-5-8-11/h3-5,7-8,12-17,23-25H,2,6,9-10H2,1H3,(H,21,26). The summed E-state index contributed by atoms with van der Waals surface area (Å²) in [6.07, 6.45) is -7.22. The number of alkyl halides is 2. The summed E-state index contributed by atoms with van der Waals surface area (Å²) >= 11 is 0. The van der Waals surface area contributed by atoms with Crippen molar-refractivity contribution in [3.05, 3.63) is 35.9 Å². The number of halogens is 2. The summed E-state index contributed by atoms with van der Waals surface area (Å²) in [5.74, 6) is -0.642. The molecule has 1 saturated heterocycles. The van der Waals surface area contributed by atoms with Crippen molar-refractivity contribution in [1.82, 2.24) is 10.2 Å². The van der Waals surface area contributed by atoms with Crippen LogP contribution < -0.4 is 5.32 Å². The van der Waals surface area contributed by atoms with Crippen molar-refractivity contribution in [1.29, 1.82) is 0 Å². The molecule has 8 heteroatoms. The van der Waals surface area contributed by atoms with E-state index in [0.29, 0.717) is 12.8 Å². The van der Waals surface area contributed by atoms with Gasteiger partial charge in [0.15, 0.2) is 0 Å². The van der Waals surface area contributed by atoms with Crippen LogP contribution in [0, 0.1) is 0 Å². The zero-order chi connectivity index (χ0) is 19.3. The van der Waals surface area contributed by atoms with Crippen molar-refractivity contribution in [2.24, 2.45) is 0 Å². The van der Waals surface area contributed by atoms with Crippen LogP contribution in [0.15, 0.2) is 30.3 Å². The normalized spacial score (nSPS) is 29.7. The summed E-state index contributed by atoms with van der Waals surface area (Å²) in [7, 11) is 0. The molecule has 1 aromatic carbocycles. The van der Waals surface area contributed by atoms with Gasteiger partial charge in [0.1, 0.15) is 30.4 Å². The van der Waals surface area contributed by atoms with Gasteiger partial charge in [-0.05, 0) is 31.9 Å². The number of carbonyl (C=O) groups is 1. The highest BCUT2D eigenvalue weighted by Crippen LogP contribution is 2.29. The fourth-order valence-electron chi connectivity index (χ4n) is 3.45. The second-order valence-electron chi connectivity index (χ2n) is 6.46. The number of nitrogens with one attached hydrogen (secondary N) is 1. The Bertz CT molecular complexity index is 576. The van der Waals surface area contributed by atoms with E-state index >= 15 is 0 Å². The number of rotatable bonds is 7. The van der Waals surface area contributed by atoms with Crippen LogP contribution in [0.5, 0.6) is 0 Å². The minimum absolute atomic E-state index is 0.0759. The molecule has 0 saturated carbocycles. The summed E-state index contributed by atoms with van der Waals surface area (Å²) in [4.78, 5) is 13.4. The van der Waals surface area contributed by atoms with Crippen molar-refractivity contribution in [3.8, 4) is 0 Å². The number of likely N-dealkylation sites (tertiary alicyclic amines) is 1. The van der Waals surface area contributed by atoms with Crippen LogP contribution in [-0.2, 0) is 11.2 Å². The summed E-state index contributed by atoms with van der Waals surface area (Å²) < 4.78 is 27.1. The van der Waals surface area contributed by atoms with Gasteiger partial charge in [0.25, 0.3) is 6.43 Å². The predicted octanol–water partition coefficient (Wildman–Crippen LogP) is 0.156. The molecule has 1 amide bonds. The van der Waals surface area contributed by atoms with Gasteiger partial charge >= 0.3 is 0 Å². The summed E-state index contributed by atoms with van der Waals surface area (Å²) in [6, 6.07) is 6.38. The van der Waals surface area contributed by atoms with Crippen LogP contribution >= 0.6 is 0 Å². The van der Waals surface area contributed by atoms with E-state index in [1.54, 1.807) is 6.92 Å². The second-order valence-corrected chi connectivity index (χ2v) is 6.46. The molecule has 5 atom stereocenters. The van der Waals surface area contributed by atoms with Gasteiger partial charge < -0.3 is 20.6 Å². The van der Waals surface area contributed by atoms with Crippen LogP contribution in [0.2, 0.25) is 0 Å². The zero-order valence-corrected chi connectivity index (χ0v) is 14.6. The first-order valence-corrected chi connectivity index (χ1v) is 8.78. The third-order valence-electron chi connectivity index (χ3n) is 4.72. The Labute approximate surface area is 151 Å². The van der Waals surface area contributed by atoms with Gasteiger partial charge in [-0.1, -0.05) is 30.3 Å². The molecule has 1 aliphatic heterocycles. The van der Waals surface area contributed by atoms with Crippen LogP contribution in [0.3, 0.4) is 0 Å². The fourth-order valence-corrected chi connectivity index (χ4v) is 3.45. The molecule has 4 N–H and O–H groups in total. The Balaban J connectivity index is 2.19. The topological polar surface area (TPSA) is 93.0 Å². The average molecular weight is 372 g/mol. The average Bonchev–Trinajstić information content (AvgIpc) is 2.60. The van der Waals surface area contributed by atoms with Gasteiger partial charge in [-0.2, -0.15) is 0 Å². The van der Waals surface area contributed by atoms with Crippen molar-refractivity contribution in [2.75, 3.05) is 13.1 Å². The van der Waals surface area contributed by atoms with Crippen molar-refractivity contribution in [2.45, 2.75) is 56.6 Å². The molecule has 0 bridgehead atoms. The lowest BCUT2D eigenvalue weighted by Gasteiger charge is -2.48. The summed E-state index contributed by atoms with van der Waals surface area (Å²) in [5.41, 5.74) is 1.02. The van der Waals surface area contributed by atoms with E-state index in [4.69, 9.17) is 0 Å². The van der Waals surface area contributed by atoms with Crippen molar-refractivity contribution in [3.63, 3.8) is 0 Å². The number of hydrogen-bond donors (Lipinski definition) is 4. The van der Waals surface area contributed by atoms with E-state index in [1.807, 2.05) is 30.3 Å². The number of aliphatic hydroxyl groups excluding tert-OH is 3. The van der Waals surface area contributed by atoms with Gasteiger partial charge in [-0.15, -0.1) is 0 Å². The minimum atomic E-state index is -2.97. The first-order chi connectivity index (χ1) is 12.4. The Morgan fingerprint density at radius 2 is 1.81 bits per heavy atom. The van der Waals surface area contributed by atoms with Gasteiger partial charge in [0.05, 0.1) is 0 Å². The molecule has 0 radical (unpaired) electrons. The van der Waals surface area contributed by atoms with Gasteiger partial charge in [0.2, 0.25) is 5.91 Å². The maximum atomic E-state index is 13.6. The monoisotopic (exact) mass is 372 g/mol. The van der Waals surface area contributed by atoms with E-state index < -0.39 is 42.7 Å². The number of piperidine rings is 1. The van der Waals surface area contributed by atoms with Crippen LogP contribution in [0.4, 0.5) is 8.78 Å². The molecular weight excluding hydrogens is 346 g/mol. The summed E-state index contributed by atoms with van der Waals surface area (Å²) in [6.45, 7) is 2.01. The number of hydrogen-bond acceptors (Lipinski definition) is 5. The quantitative estimate of drug-likeness (QED) is 0.547. The molecular formula is C18H26F2N2O4. The summed E-state index contributed by atoms with van der Waals surface area (Å²) in [5, 5.41) is 32.7. The zero-order valence-electron chi connectivity index (χ0n) is 14.6. The first-order valence-electron chi connectivity index (χ1n) is 8.78. The SMILES string of the molecule is CCNC(=O)C1C(O)C(O)C(O)C(C(F)F)N1CCCc1ccccc1. The Morgan fingerprint density at radius 3 is 2.38 bits per heavy atom. The molecule has 6 nitrogen and oxygen atoms in total. The molecule has 5 unspecified atom stereocenters. The Morgan fingerprint density at radius 1 is 1.15 bits per heavy atom.